The summed E-state index contributed by atoms with van der Waals surface area (Å²) < 4.78 is 29.9. The number of hydrogen-bond acceptors (Lipinski definition) is 4. The number of amides is 1. The van der Waals surface area contributed by atoms with Crippen molar-refractivity contribution in [3.05, 3.63) is 72.0 Å². The highest BCUT2D eigenvalue weighted by Crippen LogP contribution is 2.30. The van der Waals surface area contributed by atoms with Gasteiger partial charge in [-0.3, -0.25) is 4.79 Å². The Balaban J connectivity index is 1.49. The Morgan fingerprint density at radius 1 is 1.03 bits per heavy atom. The minimum Gasteiger partial charge on any atom is -0.490 e. The number of halogens is 1. The van der Waals surface area contributed by atoms with Gasteiger partial charge in [0.2, 0.25) is 0 Å². The van der Waals surface area contributed by atoms with Crippen LogP contribution in [0.3, 0.4) is 0 Å². The molecule has 0 saturated carbocycles. The molecule has 1 amide bonds. The Bertz CT molecular complexity index is 984. The van der Waals surface area contributed by atoms with E-state index in [1.165, 1.54) is 12.1 Å². The van der Waals surface area contributed by atoms with E-state index < -0.39 is 0 Å². The van der Waals surface area contributed by atoms with Crippen LogP contribution in [-0.4, -0.2) is 38.4 Å². The number of ether oxygens (including phenoxy) is 3. The van der Waals surface area contributed by atoms with Gasteiger partial charge >= 0.3 is 0 Å². The van der Waals surface area contributed by atoms with Crippen LogP contribution in [0.1, 0.15) is 16.8 Å². The van der Waals surface area contributed by atoms with Gasteiger partial charge in [0, 0.05) is 12.0 Å². The van der Waals surface area contributed by atoms with Crippen LogP contribution in [0.15, 0.2) is 60.7 Å². The van der Waals surface area contributed by atoms with Gasteiger partial charge in [0.1, 0.15) is 30.5 Å². The molecule has 0 spiro atoms. The van der Waals surface area contributed by atoms with E-state index in [0.717, 1.165) is 17.2 Å². The highest BCUT2D eigenvalue weighted by molar-refractivity contribution is 6.04. The van der Waals surface area contributed by atoms with Crippen LogP contribution in [-0.2, 0) is 4.74 Å². The Morgan fingerprint density at radius 3 is 2.62 bits per heavy atom. The van der Waals surface area contributed by atoms with Gasteiger partial charge in [-0.1, -0.05) is 30.3 Å². The van der Waals surface area contributed by atoms with Crippen LogP contribution in [0.5, 0.6) is 11.5 Å². The van der Waals surface area contributed by atoms with Gasteiger partial charge < -0.3 is 19.5 Å². The molecule has 1 unspecified atom stereocenters. The fourth-order valence-electron chi connectivity index (χ4n) is 3.32. The molecule has 5 nitrogen and oxygen atoms in total. The fourth-order valence-corrected chi connectivity index (χ4v) is 3.32. The molecular weight excluding hydrogens is 373 g/mol. The Hall–Kier alpha value is -3.12. The number of hydrogen-bond donors (Lipinski definition) is 1. The molecule has 1 aliphatic heterocycles. The first-order valence-electron chi connectivity index (χ1n) is 9.62. The van der Waals surface area contributed by atoms with Gasteiger partial charge in [-0.05, 0) is 42.1 Å². The highest BCUT2D eigenvalue weighted by Gasteiger charge is 2.22. The van der Waals surface area contributed by atoms with E-state index in [9.17, 15) is 9.18 Å². The molecule has 3 aromatic carbocycles. The summed E-state index contributed by atoms with van der Waals surface area (Å²) in [5.74, 6) is 0.600. The molecule has 0 aliphatic carbocycles. The molecule has 0 bridgehead atoms. The second-order valence-corrected chi connectivity index (χ2v) is 6.85. The molecule has 0 aromatic heterocycles. The number of nitrogens with one attached hydrogen (secondary N) is 1. The number of carbonyl (C=O) groups excluding carboxylic acids is 1. The van der Waals surface area contributed by atoms with Crippen LogP contribution >= 0.6 is 0 Å². The van der Waals surface area contributed by atoms with E-state index in [2.05, 4.69) is 5.32 Å². The van der Waals surface area contributed by atoms with E-state index >= 15 is 0 Å². The third kappa shape index (κ3) is 4.66. The molecule has 0 radical (unpaired) electrons. The van der Waals surface area contributed by atoms with Gasteiger partial charge in [0.25, 0.3) is 5.91 Å². The molecule has 29 heavy (non-hydrogen) atoms. The van der Waals surface area contributed by atoms with Gasteiger partial charge in [-0.15, -0.1) is 0 Å². The molecule has 150 valence electrons. The standard InChI is InChI=1S/C23H22FNO4/c24-17-6-8-19(9-7-17)28-13-14-29-22-20-4-2-1-3-16(20)5-10-21(22)23(26)25-18-11-12-27-15-18/h1-10,18H,11-15H2,(H,25,26). The summed E-state index contributed by atoms with van der Waals surface area (Å²) in [5.41, 5.74) is 0.484. The Labute approximate surface area is 168 Å². The van der Waals surface area contributed by atoms with Gasteiger partial charge in [0.15, 0.2) is 0 Å². The molecule has 1 N–H and O–H groups in total. The van der Waals surface area contributed by atoms with Crippen molar-refractivity contribution < 1.29 is 23.4 Å². The van der Waals surface area contributed by atoms with Crippen molar-refractivity contribution in [3.8, 4) is 11.5 Å². The first-order valence-corrected chi connectivity index (χ1v) is 9.62. The van der Waals surface area contributed by atoms with E-state index in [0.29, 0.717) is 30.3 Å². The molecule has 1 fully saturated rings. The van der Waals surface area contributed by atoms with Crippen LogP contribution < -0.4 is 14.8 Å². The van der Waals surface area contributed by atoms with E-state index in [1.54, 1.807) is 18.2 Å². The smallest absolute Gasteiger partial charge is 0.255 e. The van der Waals surface area contributed by atoms with Crippen molar-refractivity contribution in [2.45, 2.75) is 12.5 Å². The second kappa shape index (κ2) is 8.92. The predicted molar refractivity (Wildman–Crippen MR) is 108 cm³/mol. The van der Waals surface area contributed by atoms with Gasteiger partial charge in [-0.25, -0.2) is 4.39 Å². The quantitative estimate of drug-likeness (QED) is 0.616. The lowest BCUT2D eigenvalue weighted by Gasteiger charge is -2.16. The SMILES string of the molecule is O=C(NC1CCOC1)c1ccc2ccccc2c1OCCOc1ccc(F)cc1. The molecule has 1 aliphatic rings. The van der Waals surface area contributed by atoms with Crippen LogP contribution in [0, 0.1) is 5.82 Å². The average molecular weight is 395 g/mol. The predicted octanol–water partition coefficient (Wildman–Crippen LogP) is 3.96. The van der Waals surface area contributed by atoms with E-state index in [4.69, 9.17) is 14.2 Å². The normalized spacial score (nSPS) is 16.0. The topological polar surface area (TPSA) is 56.8 Å². The molecule has 4 rings (SSSR count). The summed E-state index contributed by atoms with van der Waals surface area (Å²) >= 11 is 0. The van der Waals surface area contributed by atoms with E-state index in [-0.39, 0.29) is 31.0 Å². The number of fused-ring (bicyclic) bond motifs is 1. The van der Waals surface area contributed by atoms with Crippen molar-refractivity contribution in [2.24, 2.45) is 0 Å². The summed E-state index contributed by atoms with van der Waals surface area (Å²) in [5, 5.41) is 4.87. The maximum absolute atomic E-state index is 13.0. The fraction of sp³-hybridized carbons (Fsp3) is 0.261. The van der Waals surface area contributed by atoms with Crippen LogP contribution in [0.25, 0.3) is 10.8 Å². The van der Waals surface area contributed by atoms with E-state index in [1.807, 2.05) is 30.3 Å². The maximum Gasteiger partial charge on any atom is 0.255 e. The van der Waals surface area contributed by atoms with Crippen molar-refractivity contribution >= 4 is 16.7 Å². The van der Waals surface area contributed by atoms with Crippen molar-refractivity contribution in [1.29, 1.82) is 0 Å². The number of benzene rings is 3. The maximum atomic E-state index is 13.0. The minimum absolute atomic E-state index is 0.0172. The highest BCUT2D eigenvalue weighted by atomic mass is 19.1. The lowest BCUT2D eigenvalue weighted by Crippen LogP contribution is -2.35. The average Bonchev–Trinajstić information content (AvgIpc) is 3.25. The molecule has 3 aromatic rings. The summed E-state index contributed by atoms with van der Waals surface area (Å²) in [6.07, 6.45) is 0.807. The molecule has 1 saturated heterocycles. The van der Waals surface area contributed by atoms with Crippen LogP contribution in [0.4, 0.5) is 4.39 Å². The Morgan fingerprint density at radius 2 is 1.83 bits per heavy atom. The first-order chi connectivity index (χ1) is 14.2. The zero-order valence-corrected chi connectivity index (χ0v) is 15.9. The summed E-state index contributed by atoms with van der Waals surface area (Å²) in [7, 11) is 0. The van der Waals surface area contributed by atoms with Crippen LogP contribution in [0.2, 0.25) is 0 Å². The zero-order valence-electron chi connectivity index (χ0n) is 15.9. The second-order valence-electron chi connectivity index (χ2n) is 6.85. The zero-order chi connectivity index (χ0) is 20.1. The summed E-state index contributed by atoms with van der Waals surface area (Å²) in [6.45, 7) is 1.71. The Kier molecular flexibility index (Phi) is 5.91. The lowest BCUT2D eigenvalue weighted by atomic mass is 10.0. The molecule has 6 heteroatoms. The van der Waals surface area contributed by atoms with Gasteiger partial charge in [0.05, 0.1) is 18.2 Å². The third-order valence-corrected chi connectivity index (χ3v) is 4.80. The third-order valence-electron chi connectivity index (χ3n) is 4.80. The van der Waals surface area contributed by atoms with Gasteiger partial charge in [-0.2, -0.15) is 0 Å². The molecular formula is C23H22FNO4. The van der Waals surface area contributed by atoms with Crippen molar-refractivity contribution in [3.63, 3.8) is 0 Å². The lowest BCUT2D eigenvalue weighted by molar-refractivity contribution is 0.0925. The minimum atomic E-state index is -0.312. The molecule has 1 atom stereocenters. The first kappa shape index (κ1) is 19.2. The van der Waals surface area contributed by atoms with Crippen molar-refractivity contribution in [1.82, 2.24) is 5.32 Å². The number of carbonyl (C=O) groups is 1. The summed E-state index contributed by atoms with van der Waals surface area (Å²) in [4.78, 5) is 12.8. The van der Waals surface area contributed by atoms with Crippen molar-refractivity contribution in [2.75, 3.05) is 26.4 Å². The number of rotatable bonds is 7. The monoisotopic (exact) mass is 395 g/mol. The summed E-state index contributed by atoms with van der Waals surface area (Å²) in [6, 6.07) is 17.3. The largest absolute Gasteiger partial charge is 0.490 e. The molecule has 1 heterocycles.